The standard InChI is InChI=1S/C21H17FN2O2/c1-3-26-21(25)20-19(16(12-23)13-24(20)2)15-10-8-14(9-11-15)17-6-4-5-7-18(17)22/h4-11,13H,3H2,1-2H3. The zero-order valence-electron chi connectivity index (χ0n) is 14.5. The second kappa shape index (κ2) is 7.24. The van der Waals surface area contributed by atoms with Crippen LogP contribution in [0.15, 0.2) is 54.7 Å². The summed E-state index contributed by atoms with van der Waals surface area (Å²) in [5.41, 5.74) is 3.15. The molecule has 0 aliphatic carbocycles. The molecule has 5 heteroatoms. The number of ether oxygens (including phenoxy) is 1. The molecule has 2 aromatic carbocycles. The van der Waals surface area contributed by atoms with Crippen molar-refractivity contribution in [2.75, 3.05) is 6.61 Å². The Morgan fingerprint density at radius 2 is 1.81 bits per heavy atom. The molecule has 0 bridgehead atoms. The van der Waals surface area contributed by atoms with Gasteiger partial charge in [0.05, 0.1) is 12.2 Å². The molecule has 0 saturated heterocycles. The average Bonchev–Trinajstić information content (AvgIpc) is 2.99. The minimum absolute atomic E-state index is 0.248. The van der Waals surface area contributed by atoms with Crippen molar-refractivity contribution in [3.63, 3.8) is 0 Å². The number of benzene rings is 2. The van der Waals surface area contributed by atoms with Crippen LogP contribution in [0, 0.1) is 17.1 Å². The second-order valence-electron chi connectivity index (χ2n) is 5.77. The molecule has 26 heavy (non-hydrogen) atoms. The summed E-state index contributed by atoms with van der Waals surface area (Å²) in [5.74, 6) is -0.783. The van der Waals surface area contributed by atoms with Crippen molar-refractivity contribution in [3.05, 3.63) is 71.8 Å². The SMILES string of the molecule is CCOC(=O)c1c(-c2ccc(-c3ccccc3F)cc2)c(C#N)cn1C. The molecule has 0 amide bonds. The van der Waals surface area contributed by atoms with Gasteiger partial charge in [-0.2, -0.15) is 5.26 Å². The number of esters is 1. The first-order valence-electron chi connectivity index (χ1n) is 8.18. The molecule has 0 fully saturated rings. The van der Waals surface area contributed by atoms with Gasteiger partial charge in [-0.1, -0.05) is 42.5 Å². The first kappa shape index (κ1) is 17.4. The summed E-state index contributed by atoms with van der Waals surface area (Å²) in [6.07, 6.45) is 1.60. The van der Waals surface area contributed by atoms with Crippen molar-refractivity contribution >= 4 is 5.97 Å². The van der Waals surface area contributed by atoms with Crippen LogP contribution in [0.2, 0.25) is 0 Å². The van der Waals surface area contributed by atoms with E-state index < -0.39 is 5.97 Å². The van der Waals surface area contributed by atoms with Crippen molar-refractivity contribution in [3.8, 4) is 28.3 Å². The Labute approximate surface area is 151 Å². The zero-order valence-corrected chi connectivity index (χ0v) is 14.5. The van der Waals surface area contributed by atoms with E-state index in [0.717, 1.165) is 5.56 Å². The number of hydrogen-bond donors (Lipinski definition) is 0. The molecule has 3 aromatic rings. The van der Waals surface area contributed by atoms with Crippen molar-refractivity contribution in [1.82, 2.24) is 4.57 Å². The van der Waals surface area contributed by atoms with E-state index in [4.69, 9.17) is 4.74 Å². The van der Waals surface area contributed by atoms with Gasteiger partial charge in [0, 0.05) is 24.4 Å². The summed E-state index contributed by atoms with van der Waals surface area (Å²) >= 11 is 0. The van der Waals surface area contributed by atoms with Crippen LogP contribution >= 0.6 is 0 Å². The molecule has 0 unspecified atom stereocenters. The zero-order chi connectivity index (χ0) is 18.7. The number of carbonyl (C=O) groups excluding carboxylic acids is 1. The summed E-state index contributed by atoms with van der Waals surface area (Å²) in [5, 5.41) is 9.43. The lowest BCUT2D eigenvalue weighted by Crippen LogP contribution is -2.10. The van der Waals surface area contributed by atoms with Crippen LogP contribution in [0.3, 0.4) is 0 Å². The number of halogens is 1. The third kappa shape index (κ3) is 3.09. The third-order valence-corrected chi connectivity index (χ3v) is 4.13. The predicted octanol–water partition coefficient (Wildman–Crippen LogP) is 4.55. The normalized spacial score (nSPS) is 10.4. The van der Waals surface area contributed by atoms with E-state index in [1.165, 1.54) is 6.07 Å². The van der Waals surface area contributed by atoms with Crippen LogP contribution in [0.5, 0.6) is 0 Å². The molecule has 4 nitrogen and oxygen atoms in total. The monoisotopic (exact) mass is 348 g/mol. The fraction of sp³-hybridized carbons (Fsp3) is 0.143. The van der Waals surface area contributed by atoms with Gasteiger partial charge in [0.15, 0.2) is 0 Å². The van der Waals surface area contributed by atoms with Gasteiger partial charge in [-0.05, 0) is 24.1 Å². The van der Waals surface area contributed by atoms with E-state index in [0.29, 0.717) is 27.9 Å². The first-order chi connectivity index (χ1) is 12.6. The Kier molecular flexibility index (Phi) is 4.85. The molecule has 1 aromatic heterocycles. The van der Waals surface area contributed by atoms with Crippen molar-refractivity contribution in [1.29, 1.82) is 5.26 Å². The van der Waals surface area contributed by atoms with E-state index in [9.17, 15) is 14.4 Å². The van der Waals surface area contributed by atoms with E-state index in [1.807, 2.05) is 0 Å². The van der Waals surface area contributed by atoms with E-state index >= 15 is 0 Å². The highest BCUT2D eigenvalue weighted by Gasteiger charge is 2.22. The molecule has 0 aliphatic heterocycles. The highest BCUT2D eigenvalue weighted by atomic mass is 19.1. The van der Waals surface area contributed by atoms with Crippen molar-refractivity contribution < 1.29 is 13.9 Å². The van der Waals surface area contributed by atoms with Gasteiger partial charge < -0.3 is 9.30 Å². The molecular formula is C21H17FN2O2. The number of aromatic nitrogens is 1. The molecule has 0 saturated carbocycles. The Bertz CT molecular complexity index is 998. The van der Waals surface area contributed by atoms with Crippen LogP contribution in [0.1, 0.15) is 23.0 Å². The maximum atomic E-state index is 14.0. The third-order valence-electron chi connectivity index (χ3n) is 4.13. The Hall–Kier alpha value is -3.39. The lowest BCUT2D eigenvalue weighted by molar-refractivity contribution is 0.0516. The van der Waals surface area contributed by atoms with Gasteiger partial charge in [0.1, 0.15) is 17.6 Å². The van der Waals surface area contributed by atoms with Gasteiger partial charge in [-0.25, -0.2) is 9.18 Å². The molecule has 0 spiro atoms. The van der Waals surface area contributed by atoms with Gasteiger partial charge in [0.2, 0.25) is 0 Å². The summed E-state index contributed by atoms with van der Waals surface area (Å²) in [6, 6.07) is 15.8. The van der Waals surface area contributed by atoms with E-state index in [1.54, 1.807) is 67.2 Å². The Morgan fingerprint density at radius 1 is 1.15 bits per heavy atom. The number of hydrogen-bond acceptors (Lipinski definition) is 3. The highest BCUT2D eigenvalue weighted by Crippen LogP contribution is 2.32. The molecule has 0 N–H and O–H groups in total. The minimum Gasteiger partial charge on any atom is -0.461 e. The number of rotatable bonds is 4. The highest BCUT2D eigenvalue weighted by molar-refractivity contribution is 5.98. The molecule has 1 heterocycles. The molecule has 0 aliphatic rings. The summed E-state index contributed by atoms with van der Waals surface area (Å²) in [7, 11) is 1.70. The molecule has 0 radical (unpaired) electrons. The largest absolute Gasteiger partial charge is 0.461 e. The van der Waals surface area contributed by atoms with E-state index in [2.05, 4.69) is 6.07 Å². The fourth-order valence-electron chi connectivity index (χ4n) is 2.96. The number of nitrogens with zero attached hydrogens (tertiary/aromatic N) is 2. The number of carbonyl (C=O) groups is 1. The Balaban J connectivity index is 2.09. The molecule has 3 rings (SSSR count). The first-order valence-corrected chi connectivity index (χ1v) is 8.18. The maximum Gasteiger partial charge on any atom is 0.355 e. The molecular weight excluding hydrogens is 331 g/mol. The van der Waals surface area contributed by atoms with Gasteiger partial charge in [-0.3, -0.25) is 0 Å². The van der Waals surface area contributed by atoms with Crippen LogP contribution in [-0.4, -0.2) is 17.1 Å². The molecule has 130 valence electrons. The van der Waals surface area contributed by atoms with Crippen LogP contribution in [0.25, 0.3) is 22.3 Å². The maximum absolute atomic E-state index is 14.0. The van der Waals surface area contributed by atoms with Crippen molar-refractivity contribution in [2.45, 2.75) is 6.92 Å². The fourth-order valence-corrected chi connectivity index (χ4v) is 2.96. The van der Waals surface area contributed by atoms with Gasteiger partial charge in [0.25, 0.3) is 0 Å². The second-order valence-corrected chi connectivity index (χ2v) is 5.77. The lowest BCUT2D eigenvalue weighted by atomic mass is 9.98. The average molecular weight is 348 g/mol. The minimum atomic E-state index is -0.482. The van der Waals surface area contributed by atoms with Gasteiger partial charge in [-0.15, -0.1) is 0 Å². The number of nitriles is 1. The number of aryl methyl sites for hydroxylation is 1. The van der Waals surface area contributed by atoms with Crippen LogP contribution in [0.4, 0.5) is 4.39 Å². The predicted molar refractivity (Wildman–Crippen MR) is 96.9 cm³/mol. The van der Waals surface area contributed by atoms with Crippen LogP contribution < -0.4 is 0 Å². The topological polar surface area (TPSA) is 55.0 Å². The lowest BCUT2D eigenvalue weighted by Gasteiger charge is -2.09. The van der Waals surface area contributed by atoms with Crippen molar-refractivity contribution in [2.24, 2.45) is 7.05 Å². The summed E-state index contributed by atoms with van der Waals surface area (Å²) < 4.78 is 20.7. The smallest absolute Gasteiger partial charge is 0.355 e. The summed E-state index contributed by atoms with van der Waals surface area (Å²) in [6.45, 7) is 1.98. The van der Waals surface area contributed by atoms with Gasteiger partial charge >= 0.3 is 5.97 Å². The Morgan fingerprint density at radius 3 is 2.42 bits per heavy atom. The quantitative estimate of drug-likeness (QED) is 0.650. The van der Waals surface area contributed by atoms with E-state index in [-0.39, 0.29) is 12.4 Å². The van der Waals surface area contributed by atoms with Crippen LogP contribution in [-0.2, 0) is 11.8 Å². The molecule has 0 atom stereocenters. The summed E-state index contributed by atoms with van der Waals surface area (Å²) in [4.78, 5) is 12.3.